The SMILES string of the molecule is Cc1nn(C)c2nc(N(C)C[C@H]3CCN(c4ccccc4)C3)sc12. The van der Waals surface area contributed by atoms with Gasteiger partial charge in [-0.1, -0.05) is 29.5 Å². The lowest BCUT2D eigenvalue weighted by Gasteiger charge is -2.22. The average molecular weight is 341 g/mol. The molecule has 4 rings (SSSR count). The minimum Gasteiger partial charge on any atom is -0.371 e. The van der Waals surface area contributed by atoms with E-state index in [1.54, 1.807) is 11.3 Å². The summed E-state index contributed by atoms with van der Waals surface area (Å²) in [6.45, 7) is 5.37. The molecule has 1 fully saturated rings. The van der Waals surface area contributed by atoms with Gasteiger partial charge in [-0.2, -0.15) is 5.10 Å². The number of hydrogen-bond acceptors (Lipinski definition) is 5. The lowest BCUT2D eigenvalue weighted by Crippen LogP contribution is -2.28. The molecular formula is C18H23N5S. The van der Waals surface area contributed by atoms with E-state index in [0.29, 0.717) is 5.92 Å². The van der Waals surface area contributed by atoms with Crippen LogP contribution in [0.15, 0.2) is 30.3 Å². The summed E-state index contributed by atoms with van der Waals surface area (Å²) in [6.07, 6.45) is 1.24. The van der Waals surface area contributed by atoms with Crippen LogP contribution in [0, 0.1) is 12.8 Å². The fourth-order valence-corrected chi connectivity index (χ4v) is 4.56. The summed E-state index contributed by atoms with van der Waals surface area (Å²) in [7, 11) is 4.12. The molecule has 1 saturated heterocycles. The number of hydrogen-bond donors (Lipinski definition) is 0. The first kappa shape index (κ1) is 15.4. The Morgan fingerprint density at radius 3 is 2.83 bits per heavy atom. The van der Waals surface area contributed by atoms with Gasteiger partial charge in [0.25, 0.3) is 0 Å². The van der Waals surface area contributed by atoms with Gasteiger partial charge in [-0.3, -0.25) is 0 Å². The highest BCUT2D eigenvalue weighted by Gasteiger charge is 2.25. The zero-order valence-corrected chi connectivity index (χ0v) is 15.3. The first-order valence-corrected chi connectivity index (χ1v) is 9.24. The lowest BCUT2D eigenvalue weighted by atomic mass is 10.1. The summed E-state index contributed by atoms with van der Waals surface area (Å²) in [6, 6.07) is 10.7. The monoisotopic (exact) mass is 341 g/mol. The third kappa shape index (κ3) is 2.75. The molecule has 1 aromatic carbocycles. The fourth-order valence-electron chi connectivity index (χ4n) is 3.56. The molecule has 6 heteroatoms. The van der Waals surface area contributed by atoms with Gasteiger partial charge in [-0.15, -0.1) is 0 Å². The molecule has 0 saturated carbocycles. The highest BCUT2D eigenvalue weighted by atomic mass is 32.1. The van der Waals surface area contributed by atoms with Crippen molar-refractivity contribution in [1.82, 2.24) is 14.8 Å². The van der Waals surface area contributed by atoms with Crippen molar-refractivity contribution in [2.45, 2.75) is 13.3 Å². The molecule has 126 valence electrons. The quantitative estimate of drug-likeness (QED) is 0.730. The van der Waals surface area contributed by atoms with Crippen LogP contribution in [0.2, 0.25) is 0 Å². The predicted molar refractivity (Wildman–Crippen MR) is 101 cm³/mol. The smallest absolute Gasteiger partial charge is 0.187 e. The summed E-state index contributed by atoms with van der Waals surface area (Å²) in [5.74, 6) is 0.682. The topological polar surface area (TPSA) is 37.2 Å². The Morgan fingerprint density at radius 2 is 2.08 bits per heavy atom. The van der Waals surface area contributed by atoms with Crippen LogP contribution in [0.4, 0.5) is 10.8 Å². The van der Waals surface area contributed by atoms with Crippen LogP contribution in [-0.4, -0.2) is 41.4 Å². The Labute approximate surface area is 146 Å². The van der Waals surface area contributed by atoms with E-state index in [1.165, 1.54) is 16.8 Å². The first-order valence-electron chi connectivity index (χ1n) is 8.43. The van der Waals surface area contributed by atoms with Crippen LogP contribution in [-0.2, 0) is 7.05 Å². The molecule has 0 radical (unpaired) electrons. The Balaban J connectivity index is 1.44. The van der Waals surface area contributed by atoms with Crippen LogP contribution in [0.3, 0.4) is 0 Å². The zero-order chi connectivity index (χ0) is 16.7. The summed E-state index contributed by atoms with van der Waals surface area (Å²) < 4.78 is 3.09. The maximum atomic E-state index is 4.78. The summed E-state index contributed by atoms with van der Waals surface area (Å²) in [5.41, 5.74) is 3.40. The number of anilines is 2. The van der Waals surface area contributed by atoms with Crippen LogP contribution in [0.25, 0.3) is 10.3 Å². The molecule has 0 bridgehead atoms. The highest BCUT2D eigenvalue weighted by Crippen LogP contribution is 2.31. The van der Waals surface area contributed by atoms with Crippen molar-refractivity contribution >= 4 is 32.5 Å². The molecule has 0 N–H and O–H groups in total. The number of para-hydroxylation sites is 1. The van der Waals surface area contributed by atoms with E-state index < -0.39 is 0 Å². The summed E-state index contributed by atoms with van der Waals surface area (Å²) in [5, 5.41) is 5.53. The van der Waals surface area contributed by atoms with Crippen LogP contribution < -0.4 is 9.80 Å². The number of rotatable bonds is 4. The summed E-state index contributed by atoms with van der Waals surface area (Å²) >= 11 is 1.75. The van der Waals surface area contributed by atoms with Gasteiger partial charge in [-0.05, 0) is 31.4 Å². The molecule has 0 aliphatic carbocycles. The third-order valence-electron chi connectivity index (χ3n) is 4.80. The van der Waals surface area contributed by atoms with Gasteiger partial charge in [0.2, 0.25) is 0 Å². The van der Waals surface area contributed by atoms with E-state index in [1.807, 2.05) is 11.7 Å². The minimum absolute atomic E-state index is 0.682. The Bertz CT molecular complexity index is 803. The standard InChI is InChI=1S/C18H23N5S/c1-13-16-17(22(3)20-13)19-18(24-16)21(2)11-14-9-10-23(12-14)15-7-5-4-6-8-15/h4-8,14H,9-12H2,1-3H3/t14-/m1/s1. The normalized spacial score (nSPS) is 17.8. The van der Waals surface area contributed by atoms with E-state index in [0.717, 1.165) is 36.1 Å². The second kappa shape index (κ2) is 6.09. The van der Waals surface area contributed by atoms with Gasteiger partial charge < -0.3 is 9.80 Å². The highest BCUT2D eigenvalue weighted by molar-refractivity contribution is 7.22. The number of aryl methyl sites for hydroxylation is 2. The zero-order valence-electron chi connectivity index (χ0n) is 14.4. The Hall–Kier alpha value is -2.08. The number of benzene rings is 1. The lowest BCUT2D eigenvalue weighted by molar-refractivity contribution is 0.583. The molecule has 0 unspecified atom stereocenters. The van der Waals surface area contributed by atoms with E-state index in [-0.39, 0.29) is 0 Å². The number of fused-ring (bicyclic) bond motifs is 1. The van der Waals surface area contributed by atoms with Crippen molar-refractivity contribution in [3.63, 3.8) is 0 Å². The van der Waals surface area contributed by atoms with Gasteiger partial charge in [-0.25, -0.2) is 9.67 Å². The van der Waals surface area contributed by atoms with Gasteiger partial charge in [0.1, 0.15) is 0 Å². The van der Waals surface area contributed by atoms with E-state index in [4.69, 9.17) is 4.98 Å². The van der Waals surface area contributed by atoms with Gasteiger partial charge in [0.05, 0.1) is 10.4 Å². The predicted octanol–water partition coefficient (Wildman–Crippen LogP) is 3.30. The Morgan fingerprint density at radius 1 is 1.29 bits per heavy atom. The van der Waals surface area contributed by atoms with Gasteiger partial charge in [0, 0.05) is 39.4 Å². The third-order valence-corrected chi connectivity index (χ3v) is 6.07. The largest absolute Gasteiger partial charge is 0.371 e. The van der Waals surface area contributed by atoms with Crippen LogP contribution in [0.5, 0.6) is 0 Å². The number of thiazole rings is 1. The maximum absolute atomic E-state index is 4.78. The van der Waals surface area contributed by atoms with E-state index >= 15 is 0 Å². The van der Waals surface area contributed by atoms with Crippen LogP contribution in [0.1, 0.15) is 12.1 Å². The minimum atomic E-state index is 0.682. The molecule has 24 heavy (non-hydrogen) atoms. The van der Waals surface area contributed by atoms with E-state index in [2.05, 4.69) is 59.2 Å². The molecule has 3 aromatic rings. The van der Waals surface area contributed by atoms with Crippen molar-refractivity contribution in [1.29, 1.82) is 0 Å². The first-order chi connectivity index (χ1) is 11.6. The molecule has 5 nitrogen and oxygen atoms in total. The summed E-state index contributed by atoms with van der Waals surface area (Å²) in [4.78, 5) is 9.58. The molecule has 3 heterocycles. The van der Waals surface area contributed by atoms with Crippen molar-refractivity contribution in [2.75, 3.05) is 36.5 Å². The maximum Gasteiger partial charge on any atom is 0.187 e. The van der Waals surface area contributed by atoms with Crippen molar-refractivity contribution in [3.8, 4) is 0 Å². The van der Waals surface area contributed by atoms with Crippen LogP contribution >= 0.6 is 11.3 Å². The van der Waals surface area contributed by atoms with Gasteiger partial charge >= 0.3 is 0 Å². The molecular weight excluding hydrogens is 318 g/mol. The second-order valence-corrected chi connectivity index (χ2v) is 7.65. The second-order valence-electron chi connectivity index (χ2n) is 6.67. The molecule has 1 aliphatic heterocycles. The average Bonchev–Trinajstić information content (AvgIpc) is 3.27. The molecule has 1 atom stereocenters. The molecule has 2 aromatic heterocycles. The molecule has 0 amide bonds. The van der Waals surface area contributed by atoms with Crippen molar-refractivity contribution in [2.24, 2.45) is 13.0 Å². The molecule has 0 spiro atoms. The Kier molecular flexibility index (Phi) is 3.92. The number of nitrogens with zero attached hydrogens (tertiary/aromatic N) is 5. The van der Waals surface area contributed by atoms with Gasteiger partial charge in [0.15, 0.2) is 10.8 Å². The van der Waals surface area contributed by atoms with Crippen molar-refractivity contribution in [3.05, 3.63) is 36.0 Å². The number of aromatic nitrogens is 3. The fraction of sp³-hybridized carbons (Fsp3) is 0.444. The van der Waals surface area contributed by atoms with E-state index in [9.17, 15) is 0 Å². The molecule has 1 aliphatic rings. The van der Waals surface area contributed by atoms with Crippen molar-refractivity contribution < 1.29 is 0 Å².